The number of halogens is 3. The molecular formula is C12H7Cl3O2. The zero-order valence-electron chi connectivity index (χ0n) is 8.45. The Morgan fingerprint density at radius 3 is 2.18 bits per heavy atom. The highest BCUT2D eigenvalue weighted by molar-refractivity contribution is 6.35. The van der Waals surface area contributed by atoms with Crippen molar-refractivity contribution >= 4 is 34.8 Å². The van der Waals surface area contributed by atoms with Crippen LogP contribution in [0.2, 0.25) is 15.1 Å². The highest BCUT2D eigenvalue weighted by atomic mass is 35.5. The molecule has 88 valence electrons. The summed E-state index contributed by atoms with van der Waals surface area (Å²) < 4.78 is 5.45. The van der Waals surface area contributed by atoms with Gasteiger partial charge in [0.1, 0.15) is 5.75 Å². The molecule has 2 aromatic rings. The lowest BCUT2D eigenvalue weighted by atomic mass is 10.3. The third-order valence-corrected chi connectivity index (χ3v) is 2.80. The van der Waals surface area contributed by atoms with Gasteiger partial charge >= 0.3 is 0 Å². The van der Waals surface area contributed by atoms with Crippen molar-refractivity contribution in [2.75, 3.05) is 0 Å². The van der Waals surface area contributed by atoms with E-state index in [-0.39, 0.29) is 11.5 Å². The van der Waals surface area contributed by atoms with E-state index in [2.05, 4.69) is 0 Å². The van der Waals surface area contributed by atoms with Crippen LogP contribution in [0.25, 0.3) is 0 Å². The maximum absolute atomic E-state index is 9.59. The standard InChI is InChI=1S/C12H7Cl3O2/c13-7-2-4-11(9(15)5-7)17-12-6-8(14)1-3-10(12)16/h1-6,16H. The van der Waals surface area contributed by atoms with Crippen LogP contribution in [0.15, 0.2) is 36.4 Å². The van der Waals surface area contributed by atoms with Crippen molar-refractivity contribution in [3.8, 4) is 17.2 Å². The van der Waals surface area contributed by atoms with Crippen LogP contribution in [0.1, 0.15) is 0 Å². The van der Waals surface area contributed by atoms with Crippen LogP contribution in [0.5, 0.6) is 17.2 Å². The SMILES string of the molecule is Oc1ccc(Cl)cc1Oc1ccc(Cl)cc1Cl. The smallest absolute Gasteiger partial charge is 0.170 e. The Morgan fingerprint density at radius 1 is 0.824 bits per heavy atom. The first kappa shape index (κ1) is 12.4. The van der Waals surface area contributed by atoms with E-state index in [0.717, 1.165) is 0 Å². The monoisotopic (exact) mass is 288 g/mol. The van der Waals surface area contributed by atoms with Gasteiger partial charge in [0.05, 0.1) is 5.02 Å². The molecule has 0 spiro atoms. The molecule has 2 aromatic carbocycles. The molecule has 0 bridgehead atoms. The molecule has 0 unspecified atom stereocenters. The topological polar surface area (TPSA) is 29.5 Å². The van der Waals surface area contributed by atoms with Gasteiger partial charge in [-0.1, -0.05) is 34.8 Å². The Bertz CT molecular complexity index is 555. The maximum atomic E-state index is 9.59. The Hall–Kier alpha value is -1.09. The Kier molecular flexibility index (Phi) is 3.67. The number of phenolic OH excluding ortho intramolecular Hbond substituents is 1. The molecule has 17 heavy (non-hydrogen) atoms. The van der Waals surface area contributed by atoms with Gasteiger partial charge in [-0.15, -0.1) is 0 Å². The van der Waals surface area contributed by atoms with E-state index in [0.29, 0.717) is 20.8 Å². The van der Waals surface area contributed by atoms with Gasteiger partial charge in [0.15, 0.2) is 11.5 Å². The second-order valence-electron chi connectivity index (χ2n) is 3.29. The number of rotatable bonds is 2. The summed E-state index contributed by atoms with van der Waals surface area (Å²) in [6, 6.07) is 9.33. The Balaban J connectivity index is 2.34. The predicted octanol–water partition coefficient (Wildman–Crippen LogP) is 5.14. The fraction of sp³-hybridized carbons (Fsp3) is 0. The second-order valence-corrected chi connectivity index (χ2v) is 4.57. The lowest BCUT2D eigenvalue weighted by Gasteiger charge is -2.09. The summed E-state index contributed by atoms with van der Waals surface area (Å²) in [7, 11) is 0. The fourth-order valence-corrected chi connectivity index (χ4v) is 1.86. The van der Waals surface area contributed by atoms with Crippen LogP contribution in [0, 0.1) is 0 Å². The highest BCUT2D eigenvalue weighted by Gasteiger charge is 2.08. The molecule has 0 aromatic heterocycles. The quantitative estimate of drug-likeness (QED) is 0.829. The van der Waals surface area contributed by atoms with E-state index in [1.54, 1.807) is 24.3 Å². The van der Waals surface area contributed by atoms with Crippen LogP contribution in [-0.4, -0.2) is 5.11 Å². The van der Waals surface area contributed by atoms with Gasteiger partial charge < -0.3 is 9.84 Å². The first-order chi connectivity index (χ1) is 8.06. The lowest BCUT2D eigenvalue weighted by Crippen LogP contribution is -1.86. The minimum atomic E-state index is -0.0135. The zero-order valence-corrected chi connectivity index (χ0v) is 10.7. The zero-order chi connectivity index (χ0) is 12.4. The van der Waals surface area contributed by atoms with Gasteiger partial charge in [0, 0.05) is 16.1 Å². The molecule has 0 aliphatic heterocycles. The minimum Gasteiger partial charge on any atom is -0.504 e. The molecule has 0 fully saturated rings. The Morgan fingerprint density at radius 2 is 1.47 bits per heavy atom. The van der Waals surface area contributed by atoms with Gasteiger partial charge in [0.2, 0.25) is 0 Å². The van der Waals surface area contributed by atoms with Gasteiger partial charge in [0.25, 0.3) is 0 Å². The van der Waals surface area contributed by atoms with E-state index in [1.807, 2.05) is 0 Å². The summed E-state index contributed by atoms with van der Waals surface area (Å²) in [5.41, 5.74) is 0. The lowest BCUT2D eigenvalue weighted by molar-refractivity contribution is 0.411. The summed E-state index contributed by atoms with van der Waals surface area (Å²) in [4.78, 5) is 0. The minimum absolute atomic E-state index is 0.0135. The number of phenols is 1. The van der Waals surface area contributed by atoms with Crippen molar-refractivity contribution in [2.24, 2.45) is 0 Å². The number of benzene rings is 2. The molecule has 0 heterocycles. The first-order valence-corrected chi connectivity index (χ1v) is 5.81. The van der Waals surface area contributed by atoms with E-state index in [1.165, 1.54) is 12.1 Å². The predicted molar refractivity (Wildman–Crippen MR) is 69.7 cm³/mol. The molecule has 1 N–H and O–H groups in total. The molecular weight excluding hydrogens is 282 g/mol. The van der Waals surface area contributed by atoms with Crippen LogP contribution < -0.4 is 4.74 Å². The van der Waals surface area contributed by atoms with Gasteiger partial charge in [-0.25, -0.2) is 0 Å². The van der Waals surface area contributed by atoms with E-state index in [4.69, 9.17) is 39.5 Å². The van der Waals surface area contributed by atoms with Crippen LogP contribution in [0.4, 0.5) is 0 Å². The first-order valence-electron chi connectivity index (χ1n) is 4.67. The summed E-state index contributed by atoms with van der Waals surface area (Å²) >= 11 is 17.5. The summed E-state index contributed by atoms with van der Waals surface area (Å²) in [6.07, 6.45) is 0. The van der Waals surface area contributed by atoms with E-state index in [9.17, 15) is 5.11 Å². The number of hydrogen-bond donors (Lipinski definition) is 1. The number of hydrogen-bond acceptors (Lipinski definition) is 2. The van der Waals surface area contributed by atoms with E-state index >= 15 is 0 Å². The maximum Gasteiger partial charge on any atom is 0.170 e. The highest BCUT2D eigenvalue weighted by Crippen LogP contribution is 2.36. The third kappa shape index (κ3) is 2.97. The average molecular weight is 290 g/mol. The molecule has 0 saturated heterocycles. The van der Waals surface area contributed by atoms with Crippen molar-refractivity contribution in [3.63, 3.8) is 0 Å². The Labute approximate surface area is 113 Å². The van der Waals surface area contributed by atoms with Gasteiger partial charge in [-0.3, -0.25) is 0 Å². The number of ether oxygens (including phenoxy) is 1. The molecule has 2 rings (SSSR count). The summed E-state index contributed by atoms with van der Waals surface area (Å²) in [5, 5.41) is 10.9. The van der Waals surface area contributed by atoms with Crippen molar-refractivity contribution in [1.82, 2.24) is 0 Å². The summed E-state index contributed by atoms with van der Waals surface area (Å²) in [6.45, 7) is 0. The molecule has 0 radical (unpaired) electrons. The van der Waals surface area contributed by atoms with Crippen molar-refractivity contribution in [2.45, 2.75) is 0 Å². The second kappa shape index (κ2) is 5.05. The third-order valence-electron chi connectivity index (χ3n) is 2.04. The van der Waals surface area contributed by atoms with Crippen molar-refractivity contribution < 1.29 is 9.84 Å². The fourth-order valence-electron chi connectivity index (χ4n) is 1.25. The van der Waals surface area contributed by atoms with Gasteiger partial charge in [-0.05, 0) is 30.3 Å². The van der Waals surface area contributed by atoms with Crippen molar-refractivity contribution in [3.05, 3.63) is 51.5 Å². The molecule has 0 aliphatic carbocycles. The normalized spacial score (nSPS) is 10.3. The molecule has 0 aliphatic rings. The molecule has 0 atom stereocenters. The van der Waals surface area contributed by atoms with Crippen LogP contribution in [-0.2, 0) is 0 Å². The van der Waals surface area contributed by atoms with Crippen LogP contribution in [0.3, 0.4) is 0 Å². The van der Waals surface area contributed by atoms with Gasteiger partial charge in [-0.2, -0.15) is 0 Å². The van der Waals surface area contributed by atoms with E-state index < -0.39 is 0 Å². The molecule has 2 nitrogen and oxygen atoms in total. The summed E-state index contributed by atoms with van der Waals surface area (Å²) in [5.74, 6) is 0.621. The molecule has 5 heteroatoms. The molecule has 0 saturated carbocycles. The van der Waals surface area contributed by atoms with Crippen molar-refractivity contribution in [1.29, 1.82) is 0 Å². The molecule has 0 amide bonds. The average Bonchev–Trinajstić information content (AvgIpc) is 2.27. The largest absolute Gasteiger partial charge is 0.504 e. The van der Waals surface area contributed by atoms with Crippen LogP contribution >= 0.6 is 34.8 Å². The number of aromatic hydroxyl groups is 1.